The van der Waals surface area contributed by atoms with Gasteiger partial charge in [-0.3, -0.25) is 0 Å². The van der Waals surface area contributed by atoms with Crippen molar-refractivity contribution >= 4 is 50.4 Å². The van der Waals surface area contributed by atoms with Crippen LogP contribution in [0, 0.1) is 0 Å². The zero-order valence-corrected chi connectivity index (χ0v) is 11.4. The fourth-order valence-electron chi connectivity index (χ4n) is 1.11. The lowest BCUT2D eigenvalue weighted by molar-refractivity contribution is 0.229. The molecule has 0 spiro atoms. The SMILES string of the molecule is O=S1(=O)C=C[C@H](NC(=S)OC(CCl)CCl)C1. The maximum Gasteiger partial charge on any atom is 0.257 e. The van der Waals surface area contributed by atoms with Crippen LogP contribution in [0.1, 0.15) is 0 Å². The molecule has 1 aliphatic rings. The number of thiocarbonyl (C=S) groups is 1. The van der Waals surface area contributed by atoms with Crippen molar-refractivity contribution < 1.29 is 13.2 Å². The summed E-state index contributed by atoms with van der Waals surface area (Å²) in [6.45, 7) is 0. The maximum absolute atomic E-state index is 11.1. The molecule has 16 heavy (non-hydrogen) atoms. The monoisotopic (exact) mass is 303 g/mol. The normalized spacial score (nSPS) is 22.3. The molecule has 0 saturated carbocycles. The van der Waals surface area contributed by atoms with Crippen LogP contribution in [0.5, 0.6) is 0 Å². The van der Waals surface area contributed by atoms with Crippen molar-refractivity contribution in [1.82, 2.24) is 5.32 Å². The Morgan fingerprint density at radius 1 is 1.56 bits per heavy atom. The molecule has 92 valence electrons. The zero-order chi connectivity index (χ0) is 12.2. The van der Waals surface area contributed by atoms with Gasteiger partial charge in [0.05, 0.1) is 23.6 Å². The van der Waals surface area contributed by atoms with Crippen LogP contribution < -0.4 is 5.32 Å². The van der Waals surface area contributed by atoms with Crippen LogP contribution in [0.15, 0.2) is 11.5 Å². The van der Waals surface area contributed by atoms with Gasteiger partial charge in [-0.05, 0) is 18.3 Å². The molecule has 0 radical (unpaired) electrons. The molecule has 0 bridgehead atoms. The van der Waals surface area contributed by atoms with E-state index in [0.29, 0.717) is 0 Å². The summed E-state index contributed by atoms with van der Waals surface area (Å²) in [5, 5.41) is 4.03. The van der Waals surface area contributed by atoms with Crippen molar-refractivity contribution in [2.45, 2.75) is 12.1 Å². The molecular formula is C8H11Cl2NO3S2. The van der Waals surface area contributed by atoms with E-state index in [2.05, 4.69) is 5.32 Å². The summed E-state index contributed by atoms with van der Waals surface area (Å²) in [6.07, 6.45) is 1.16. The van der Waals surface area contributed by atoms with Crippen LogP contribution in [-0.4, -0.2) is 43.3 Å². The fourth-order valence-corrected chi connectivity index (χ4v) is 3.09. The molecule has 1 aliphatic heterocycles. The molecule has 1 atom stereocenters. The Morgan fingerprint density at radius 3 is 2.62 bits per heavy atom. The molecule has 0 saturated heterocycles. The third kappa shape index (κ3) is 4.45. The lowest BCUT2D eigenvalue weighted by atomic mass is 10.3. The van der Waals surface area contributed by atoms with Gasteiger partial charge >= 0.3 is 0 Å². The van der Waals surface area contributed by atoms with Crippen LogP contribution in [0.4, 0.5) is 0 Å². The van der Waals surface area contributed by atoms with Gasteiger partial charge in [-0.2, -0.15) is 0 Å². The predicted molar refractivity (Wildman–Crippen MR) is 68.8 cm³/mol. The Balaban J connectivity index is 2.39. The van der Waals surface area contributed by atoms with Crippen LogP contribution in [0.3, 0.4) is 0 Å². The Labute approximate surface area is 110 Å². The summed E-state index contributed by atoms with van der Waals surface area (Å²) in [5.41, 5.74) is 0. The van der Waals surface area contributed by atoms with Crippen LogP contribution in [-0.2, 0) is 14.6 Å². The highest BCUT2D eigenvalue weighted by Crippen LogP contribution is 2.08. The van der Waals surface area contributed by atoms with Crippen molar-refractivity contribution in [3.8, 4) is 0 Å². The Kier molecular flexibility index (Phi) is 5.30. The van der Waals surface area contributed by atoms with Gasteiger partial charge in [-0.1, -0.05) is 0 Å². The summed E-state index contributed by atoms with van der Waals surface area (Å²) in [7, 11) is -3.09. The van der Waals surface area contributed by atoms with E-state index < -0.39 is 9.84 Å². The molecule has 1 heterocycles. The highest BCUT2D eigenvalue weighted by molar-refractivity contribution is 7.94. The van der Waals surface area contributed by atoms with Crippen molar-refractivity contribution in [1.29, 1.82) is 0 Å². The van der Waals surface area contributed by atoms with Gasteiger partial charge in [0.1, 0.15) is 6.10 Å². The van der Waals surface area contributed by atoms with E-state index in [1.165, 1.54) is 6.08 Å². The Morgan fingerprint density at radius 2 is 2.19 bits per heavy atom. The van der Waals surface area contributed by atoms with Crippen molar-refractivity contribution in [2.24, 2.45) is 0 Å². The molecule has 0 aromatic heterocycles. The second kappa shape index (κ2) is 6.05. The van der Waals surface area contributed by atoms with E-state index in [9.17, 15) is 8.42 Å². The molecule has 0 aromatic rings. The Hall–Kier alpha value is -0.0400. The van der Waals surface area contributed by atoms with Gasteiger partial charge in [-0.15, -0.1) is 23.2 Å². The summed E-state index contributed by atoms with van der Waals surface area (Å²) in [6, 6.07) is -0.344. The molecule has 4 nitrogen and oxygen atoms in total. The van der Waals surface area contributed by atoms with E-state index in [1.807, 2.05) is 0 Å². The maximum atomic E-state index is 11.1. The fraction of sp³-hybridized carbons (Fsp3) is 0.625. The quantitative estimate of drug-likeness (QED) is 0.621. The van der Waals surface area contributed by atoms with Crippen molar-refractivity contribution in [3.63, 3.8) is 0 Å². The number of hydrogen-bond acceptors (Lipinski definition) is 4. The molecule has 0 fully saturated rings. The first-order chi connectivity index (χ1) is 7.46. The number of ether oxygens (including phenoxy) is 1. The summed E-state index contributed by atoms with van der Waals surface area (Å²) >= 11 is 16.0. The lowest BCUT2D eigenvalue weighted by Gasteiger charge is -2.17. The topological polar surface area (TPSA) is 55.4 Å². The van der Waals surface area contributed by atoms with Crippen molar-refractivity contribution in [2.75, 3.05) is 17.5 Å². The molecule has 1 N–H and O–H groups in total. The molecule has 0 aliphatic carbocycles. The minimum atomic E-state index is -3.09. The molecule has 8 heteroatoms. The number of alkyl halides is 2. The van der Waals surface area contributed by atoms with Crippen LogP contribution >= 0.6 is 35.4 Å². The number of hydrogen-bond donors (Lipinski definition) is 1. The average molecular weight is 304 g/mol. The predicted octanol–water partition coefficient (Wildman–Crippen LogP) is 1.03. The second-order valence-corrected chi connectivity index (χ2v) is 6.16. The molecule has 1 rings (SSSR count). The van der Waals surface area contributed by atoms with Gasteiger partial charge < -0.3 is 10.1 Å². The van der Waals surface area contributed by atoms with Crippen molar-refractivity contribution in [3.05, 3.63) is 11.5 Å². The second-order valence-electron chi connectivity index (χ2n) is 3.24. The third-order valence-corrected chi connectivity index (χ3v) is 4.15. The van der Waals surface area contributed by atoms with Crippen LogP contribution in [0.25, 0.3) is 0 Å². The summed E-state index contributed by atoms with van der Waals surface area (Å²) in [5.74, 6) is 0.442. The van der Waals surface area contributed by atoms with E-state index >= 15 is 0 Å². The van der Waals surface area contributed by atoms with E-state index in [-0.39, 0.29) is 34.8 Å². The first-order valence-electron chi connectivity index (χ1n) is 4.47. The smallest absolute Gasteiger partial charge is 0.257 e. The Bertz CT molecular complexity index is 379. The van der Waals surface area contributed by atoms with Gasteiger partial charge in [0, 0.05) is 5.41 Å². The zero-order valence-electron chi connectivity index (χ0n) is 8.23. The number of sulfone groups is 1. The molecule has 0 aromatic carbocycles. The van der Waals surface area contributed by atoms with Gasteiger partial charge in [-0.25, -0.2) is 8.42 Å². The first kappa shape index (κ1) is 14.0. The minimum absolute atomic E-state index is 0.0110. The lowest BCUT2D eigenvalue weighted by Crippen LogP contribution is -2.38. The largest absolute Gasteiger partial charge is 0.465 e. The average Bonchev–Trinajstić information content (AvgIpc) is 2.54. The number of rotatable bonds is 4. The molecule has 0 amide bonds. The molecular weight excluding hydrogens is 293 g/mol. The standard InChI is InChI=1S/C8H11Cl2NO3S2/c9-3-7(4-10)14-8(15)11-6-1-2-16(12,13)5-6/h1-2,6-7H,3-5H2,(H,11,15)/t6-/m0/s1. The minimum Gasteiger partial charge on any atom is -0.465 e. The van der Waals surface area contributed by atoms with Gasteiger partial charge in [0.2, 0.25) is 0 Å². The van der Waals surface area contributed by atoms with E-state index in [4.69, 9.17) is 40.2 Å². The van der Waals surface area contributed by atoms with E-state index in [1.54, 1.807) is 0 Å². The van der Waals surface area contributed by atoms with Crippen LogP contribution in [0.2, 0.25) is 0 Å². The highest BCUT2D eigenvalue weighted by Gasteiger charge is 2.23. The summed E-state index contributed by atoms with van der Waals surface area (Å²) < 4.78 is 27.4. The third-order valence-electron chi connectivity index (χ3n) is 1.85. The highest BCUT2D eigenvalue weighted by atomic mass is 35.5. The number of halogens is 2. The van der Waals surface area contributed by atoms with Gasteiger partial charge in [0.25, 0.3) is 5.17 Å². The molecule has 0 unspecified atom stereocenters. The van der Waals surface area contributed by atoms with E-state index in [0.717, 1.165) is 5.41 Å². The summed E-state index contributed by atoms with van der Waals surface area (Å²) in [4.78, 5) is 0. The number of nitrogens with one attached hydrogen (secondary N) is 1. The van der Waals surface area contributed by atoms with Gasteiger partial charge in [0.15, 0.2) is 9.84 Å². The first-order valence-corrected chi connectivity index (χ1v) is 7.66.